The predicted molar refractivity (Wildman–Crippen MR) is 320 cm³/mol. The number of aliphatic hydroxyl groups excluding tert-OH is 1. The standard InChI is InChI=1S/C56H79N13O16S2.Y/c1-42(70)38-65-21-25-67(40-52(72)73)27-23-66(24-28-68(26-22-65)41-53(74)75)39-51(71)57-16-3-29-83-31-33-85-34-32-84-30-4-17-63-86(79,80)47-10-5-43(6-11-47)44-7-12-48(13-8-44)87(81,82)64-49(55(77)78)37-61-54(76)45-9-14-50-46(35-45)36-62-69(50)20-2-15-58-56-59-18-19-60-56;/h5-14,18-19,35-36,49,63-64,70H,1-4,15-17,20-34,37-41H2,(H,57,71)(H,61,76)(H,72,73)(H,74,75)(H,77,78)(H2,58,59,60);. The smallest absolute Gasteiger partial charge is 0.323 e. The molecule has 1 radical (unpaired) electrons. The molecule has 1 aliphatic heterocycles. The van der Waals surface area contributed by atoms with Gasteiger partial charge in [-0.3, -0.25) is 48.3 Å². The number of benzene rings is 3. The number of sulfonamides is 2. The van der Waals surface area contributed by atoms with Crippen LogP contribution < -0.4 is 25.4 Å². The predicted octanol–water partition coefficient (Wildman–Crippen LogP) is 0.775. The molecular formula is C56H79N13O16S2Y. The average Bonchev–Trinajstić information content (AvgIpc) is 2.50. The van der Waals surface area contributed by atoms with Crippen LogP contribution >= 0.6 is 0 Å². The molecule has 32 heteroatoms. The number of rotatable bonds is 37. The van der Waals surface area contributed by atoms with Crippen molar-refractivity contribution in [2.24, 2.45) is 0 Å². The molecule has 3 heterocycles. The van der Waals surface area contributed by atoms with Crippen molar-refractivity contribution in [2.45, 2.75) is 41.6 Å². The molecule has 0 aliphatic carbocycles. The van der Waals surface area contributed by atoms with Crippen molar-refractivity contribution in [3.05, 3.63) is 103 Å². The molecule has 2 amide bonds. The van der Waals surface area contributed by atoms with E-state index in [2.05, 4.69) is 47.0 Å². The zero-order chi connectivity index (χ0) is 62.6. The number of carbonyl (C=O) groups is 5. The van der Waals surface area contributed by atoms with Crippen molar-refractivity contribution in [3.63, 3.8) is 0 Å². The molecule has 2 aromatic heterocycles. The van der Waals surface area contributed by atoms with Crippen LogP contribution in [0.15, 0.2) is 107 Å². The molecule has 29 nitrogen and oxygen atoms in total. The van der Waals surface area contributed by atoms with Gasteiger partial charge in [-0.25, -0.2) is 26.5 Å². The number of aliphatic hydroxyl groups is 1. The van der Waals surface area contributed by atoms with Gasteiger partial charge in [-0.05, 0) is 72.9 Å². The first kappa shape index (κ1) is 72.4. The number of carbonyl (C=O) groups excluding carboxylic acids is 2. The molecule has 0 bridgehead atoms. The molecule has 1 atom stereocenters. The van der Waals surface area contributed by atoms with E-state index in [-0.39, 0.29) is 106 Å². The molecule has 479 valence electrons. The maximum Gasteiger partial charge on any atom is 0.323 e. The molecule has 1 fully saturated rings. The summed E-state index contributed by atoms with van der Waals surface area (Å²) in [6.07, 6.45) is 6.67. The Morgan fingerprint density at radius 3 is 1.67 bits per heavy atom. The van der Waals surface area contributed by atoms with Crippen molar-refractivity contribution >= 4 is 66.6 Å². The zero-order valence-electron chi connectivity index (χ0n) is 49.0. The van der Waals surface area contributed by atoms with Crippen LogP contribution in [0, 0.1) is 0 Å². The van der Waals surface area contributed by atoms with Crippen LogP contribution in [0.4, 0.5) is 5.95 Å². The summed E-state index contributed by atoms with van der Waals surface area (Å²) >= 11 is 0. The Hall–Kier alpha value is -6.33. The number of aliphatic carboxylic acids is 3. The van der Waals surface area contributed by atoms with Gasteiger partial charge < -0.3 is 55.6 Å². The number of aromatic amines is 1. The summed E-state index contributed by atoms with van der Waals surface area (Å²) in [7, 11) is -8.24. The maximum absolute atomic E-state index is 13.3. The van der Waals surface area contributed by atoms with Gasteiger partial charge >= 0.3 is 17.9 Å². The number of nitrogens with one attached hydrogen (secondary N) is 6. The Kier molecular flexibility index (Phi) is 31.0. The Morgan fingerprint density at radius 1 is 0.625 bits per heavy atom. The molecule has 88 heavy (non-hydrogen) atoms. The maximum atomic E-state index is 13.3. The van der Waals surface area contributed by atoms with E-state index < -0.39 is 56.4 Å². The van der Waals surface area contributed by atoms with Gasteiger partial charge in [-0.1, -0.05) is 30.8 Å². The Balaban J connectivity index is 0.0000141. The number of aromatic nitrogens is 4. The van der Waals surface area contributed by atoms with Crippen LogP contribution in [0.25, 0.3) is 22.0 Å². The van der Waals surface area contributed by atoms with Crippen LogP contribution in [0.3, 0.4) is 0 Å². The number of hydrogen-bond acceptors (Lipinski definition) is 20. The molecular weight excluding hydrogens is 1260 g/mol. The summed E-state index contributed by atoms with van der Waals surface area (Å²) in [5, 5.41) is 52.3. The summed E-state index contributed by atoms with van der Waals surface area (Å²) in [6, 6.07) is 14.8. The van der Waals surface area contributed by atoms with Crippen molar-refractivity contribution in [1.29, 1.82) is 0 Å². The fourth-order valence-electron chi connectivity index (χ4n) is 9.11. The number of nitrogens with zero attached hydrogens (tertiary/aromatic N) is 7. The molecule has 1 unspecified atom stereocenters. The third kappa shape index (κ3) is 25.6. The van der Waals surface area contributed by atoms with Gasteiger partial charge in [0.15, 0.2) is 5.95 Å². The number of anilines is 1. The fraction of sp³-hybridized carbons (Fsp3) is 0.482. The summed E-state index contributed by atoms with van der Waals surface area (Å²) in [4.78, 5) is 75.5. The van der Waals surface area contributed by atoms with E-state index in [1.165, 1.54) is 36.4 Å². The Labute approximate surface area is 536 Å². The molecule has 10 N–H and O–H groups in total. The molecule has 6 rings (SSSR count). The Bertz CT molecular complexity index is 3200. The van der Waals surface area contributed by atoms with Gasteiger partial charge in [-0.2, -0.15) is 9.82 Å². The van der Waals surface area contributed by atoms with Crippen LogP contribution in [-0.4, -0.2) is 257 Å². The van der Waals surface area contributed by atoms with Gasteiger partial charge in [0.1, 0.15) is 6.04 Å². The van der Waals surface area contributed by atoms with E-state index >= 15 is 0 Å². The number of fused-ring (bicyclic) bond motifs is 1. The summed E-state index contributed by atoms with van der Waals surface area (Å²) < 4.78 is 75.9. The first-order valence-corrected chi connectivity index (χ1v) is 31.3. The molecule has 0 spiro atoms. The number of aryl methyl sites for hydroxylation is 1. The minimum absolute atomic E-state index is 0. The van der Waals surface area contributed by atoms with Crippen LogP contribution in [0.1, 0.15) is 29.6 Å². The normalized spacial score (nSPS) is 14.7. The average molecular weight is 1340 g/mol. The molecule has 3 aromatic carbocycles. The number of H-pyrrole nitrogens is 1. The third-order valence-corrected chi connectivity index (χ3v) is 16.6. The molecule has 1 saturated heterocycles. The minimum Gasteiger partial charge on any atom is -0.512 e. The van der Waals surface area contributed by atoms with Crippen molar-refractivity contribution in [1.82, 2.24) is 59.4 Å². The minimum atomic E-state index is -4.37. The van der Waals surface area contributed by atoms with E-state index in [4.69, 9.17) is 14.2 Å². The quantitative estimate of drug-likeness (QED) is 0.0194. The van der Waals surface area contributed by atoms with Crippen molar-refractivity contribution in [3.8, 4) is 11.1 Å². The largest absolute Gasteiger partial charge is 0.512 e. The molecule has 0 saturated carbocycles. The van der Waals surface area contributed by atoms with Crippen molar-refractivity contribution < 1.29 is 108 Å². The monoisotopic (exact) mass is 1340 g/mol. The van der Waals surface area contributed by atoms with Gasteiger partial charge in [0.25, 0.3) is 5.91 Å². The Morgan fingerprint density at radius 2 is 1.15 bits per heavy atom. The number of carboxylic acids is 3. The van der Waals surface area contributed by atoms with Gasteiger partial charge in [0.05, 0.1) is 79.9 Å². The fourth-order valence-corrected chi connectivity index (χ4v) is 11.4. The van der Waals surface area contributed by atoms with Crippen LogP contribution in [-0.2, 0) is 92.7 Å². The number of imidazole rings is 1. The number of amides is 2. The first-order chi connectivity index (χ1) is 41.7. The first-order valence-electron chi connectivity index (χ1n) is 28.4. The second-order valence-electron chi connectivity index (χ2n) is 20.4. The third-order valence-electron chi connectivity index (χ3n) is 13.7. The topological polar surface area (TPSA) is 382 Å². The van der Waals surface area contributed by atoms with Crippen LogP contribution in [0.2, 0.25) is 0 Å². The molecule has 1 aliphatic rings. The van der Waals surface area contributed by atoms with Gasteiger partial charge in [0, 0.05) is 154 Å². The second-order valence-corrected chi connectivity index (χ2v) is 23.9. The number of ether oxygens (including phenoxy) is 3. The summed E-state index contributed by atoms with van der Waals surface area (Å²) in [5.74, 6) is -3.68. The van der Waals surface area contributed by atoms with E-state index in [1.807, 2.05) is 9.80 Å². The number of hydrogen-bond donors (Lipinski definition) is 10. The SMILES string of the molecule is C=C(O)CN1CCN(CC(=O)O)CCN(CC(=O)NCCCOCCOCCOCCCNS(=O)(=O)c2ccc(-c3ccc(S(=O)(=O)NC(CNC(=O)c4ccc5c(cnn5CCCNc5ncc[nH]5)c4)C(=O)O)cc3)cc2)CCN(CC(=O)O)CC1.[Y]. The van der Waals surface area contributed by atoms with Crippen molar-refractivity contribution in [2.75, 3.05) is 150 Å². The second kappa shape index (κ2) is 37.6. The zero-order valence-corrected chi connectivity index (χ0v) is 53.4. The van der Waals surface area contributed by atoms with E-state index in [9.17, 15) is 61.2 Å². The van der Waals surface area contributed by atoms with Crippen LogP contribution in [0.5, 0.6) is 0 Å². The number of carboxylic acid groups (broad SMARTS) is 3. The van der Waals surface area contributed by atoms with E-state index in [0.29, 0.717) is 134 Å². The van der Waals surface area contributed by atoms with Gasteiger partial charge in [-0.15, -0.1) is 0 Å². The van der Waals surface area contributed by atoms with Gasteiger partial charge in [0.2, 0.25) is 26.0 Å². The van der Waals surface area contributed by atoms with E-state index in [1.54, 1.807) is 63.4 Å². The van der Waals surface area contributed by atoms with E-state index in [0.717, 1.165) is 11.9 Å². The summed E-state index contributed by atoms with van der Waals surface area (Å²) in [6.45, 7) is 9.52. The summed E-state index contributed by atoms with van der Waals surface area (Å²) in [5.41, 5.74) is 2.18. The molecule has 5 aromatic rings.